The summed E-state index contributed by atoms with van der Waals surface area (Å²) in [6, 6.07) is 14.2. The lowest BCUT2D eigenvalue weighted by Crippen LogP contribution is -2.12. The Kier molecular flexibility index (Phi) is 3.52. The minimum atomic E-state index is 0.113. The van der Waals surface area contributed by atoms with Gasteiger partial charge < -0.3 is 0 Å². The van der Waals surface area contributed by atoms with Gasteiger partial charge in [-0.15, -0.1) is 0 Å². The summed E-state index contributed by atoms with van der Waals surface area (Å²) < 4.78 is 0. The molecule has 0 spiro atoms. The fourth-order valence-electron chi connectivity index (χ4n) is 2.24. The topological polar surface area (TPSA) is 40.5 Å². The van der Waals surface area contributed by atoms with Crippen LogP contribution >= 0.6 is 0 Å². The Labute approximate surface area is 118 Å². The van der Waals surface area contributed by atoms with Crippen molar-refractivity contribution in [1.29, 1.82) is 0 Å². The molecule has 0 aliphatic heterocycles. The quantitative estimate of drug-likeness (QED) is 0.665. The second kappa shape index (κ2) is 5.47. The minimum absolute atomic E-state index is 0.113. The molecule has 3 heteroatoms. The third kappa shape index (κ3) is 3.06. The van der Waals surface area contributed by atoms with E-state index in [1.165, 1.54) is 17.7 Å². The summed E-state index contributed by atoms with van der Waals surface area (Å²) in [6.07, 6.45) is 4.90. The van der Waals surface area contributed by atoms with Gasteiger partial charge in [0.15, 0.2) is 5.78 Å². The number of nitrogens with zero attached hydrogens (tertiary/aromatic N) is 1. The van der Waals surface area contributed by atoms with Gasteiger partial charge in [-0.2, -0.15) is 0 Å². The first-order valence-corrected chi connectivity index (χ1v) is 6.87. The maximum atomic E-state index is 11.5. The van der Waals surface area contributed by atoms with E-state index in [1.54, 1.807) is 0 Å². The van der Waals surface area contributed by atoms with Crippen molar-refractivity contribution in [3.63, 3.8) is 0 Å². The summed E-state index contributed by atoms with van der Waals surface area (Å²) in [6.45, 7) is 0.374. The highest BCUT2D eigenvalue weighted by atomic mass is 16.5. The molecule has 3 rings (SSSR count). The second-order valence-corrected chi connectivity index (χ2v) is 5.27. The third-order valence-electron chi connectivity index (χ3n) is 3.55. The average molecular weight is 267 g/mol. The Balaban J connectivity index is 1.67. The lowest BCUT2D eigenvalue weighted by molar-refractivity contribution is -0.116. The molecule has 0 saturated heterocycles. The van der Waals surface area contributed by atoms with E-state index in [4.69, 9.17) is 0 Å². The summed E-state index contributed by atoms with van der Waals surface area (Å²) in [5, 5.41) is 13.2. The van der Waals surface area contributed by atoms with Crippen LogP contribution in [0.5, 0.6) is 0 Å². The molecule has 3 nitrogen and oxygen atoms in total. The molecule has 1 saturated carbocycles. The molecular weight excluding hydrogens is 250 g/mol. The molecule has 20 heavy (non-hydrogen) atoms. The Bertz CT molecular complexity index is 659. The van der Waals surface area contributed by atoms with Gasteiger partial charge in [-0.3, -0.25) is 15.1 Å². The number of rotatable bonds is 5. The Hall–Kier alpha value is -2.13. The maximum Gasteiger partial charge on any atom is 0.160 e. The SMILES string of the molecule is O=C(/C=C\N(O)Cc1ccc2ccccc2c1)C1CC1. The van der Waals surface area contributed by atoms with Crippen molar-refractivity contribution in [2.45, 2.75) is 19.4 Å². The van der Waals surface area contributed by atoms with E-state index in [-0.39, 0.29) is 11.7 Å². The highest BCUT2D eigenvalue weighted by Gasteiger charge is 2.27. The van der Waals surface area contributed by atoms with Crippen LogP contribution in [0.2, 0.25) is 0 Å². The fourth-order valence-corrected chi connectivity index (χ4v) is 2.24. The number of ketones is 1. The molecule has 0 aromatic heterocycles. The van der Waals surface area contributed by atoms with Crippen LogP contribution in [0.3, 0.4) is 0 Å². The molecule has 1 N–H and O–H groups in total. The predicted octanol–water partition coefficient (Wildman–Crippen LogP) is 3.52. The zero-order valence-electron chi connectivity index (χ0n) is 11.2. The lowest BCUT2D eigenvalue weighted by Gasteiger charge is -2.12. The molecule has 0 heterocycles. The van der Waals surface area contributed by atoms with Crippen LogP contribution in [0.15, 0.2) is 54.7 Å². The molecule has 2 aromatic rings. The molecule has 0 unspecified atom stereocenters. The van der Waals surface area contributed by atoms with Gasteiger partial charge in [0.2, 0.25) is 0 Å². The summed E-state index contributed by atoms with van der Waals surface area (Å²) in [5.41, 5.74) is 1.01. The number of fused-ring (bicyclic) bond motifs is 1. The van der Waals surface area contributed by atoms with Gasteiger partial charge in [-0.1, -0.05) is 36.4 Å². The van der Waals surface area contributed by atoms with Crippen molar-refractivity contribution < 1.29 is 10.0 Å². The number of hydrogen-bond acceptors (Lipinski definition) is 3. The molecule has 102 valence electrons. The van der Waals surface area contributed by atoms with E-state index >= 15 is 0 Å². The maximum absolute atomic E-state index is 11.5. The van der Waals surface area contributed by atoms with Crippen molar-refractivity contribution >= 4 is 16.6 Å². The second-order valence-electron chi connectivity index (χ2n) is 5.27. The number of allylic oxidation sites excluding steroid dienone is 1. The third-order valence-corrected chi connectivity index (χ3v) is 3.55. The van der Waals surface area contributed by atoms with Gasteiger partial charge in [0.05, 0.1) is 6.54 Å². The van der Waals surface area contributed by atoms with E-state index in [0.29, 0.717) is 6.54 Å². The van der Waals surface area contributed by atoms with Gasteiger partial charge in [-0.05, 0) is 41.3 Å². The van der Waals surface area contributed by atoms with Crippen molar-refractivity contribution in [3.05, 3.63) is 60.3 Å². The van der Waals surface area contributed by atoms with Crippen LogP contribution in [-0.4, -0.2) is 16.1 Å². The average Bonchev–Trinajstić information content (AvgIpc) is 3.29. The minimum Gasteiger partial charge on any atom is -0.294 e. The summed E-state index contributed by atoms with van der Waals surface area (Å²) in [4.78, 5) is 11.5. The number of hydrogen-bond donors (Lipinski definition) is 1. The first-order valence-electron chi connectivity index (χ1n) is 6.87. The van der Waals surface area contributed by atoms with Crippen LogP contribution in [0.1, 0.15) is 18.4 Å². The van der Waals surface area contributed by atoms with Gasteiger partial charge >= 0.3 is 0 Å². The Morgan fingerprint density at radius 1 is 1.20 bits per heavy atom. The van der Waals surface area contributed by atoms with Gasteiger partial charge in [0, 0.05) is 12.1 Å². The van der Waals surface area contributed by atoms with Gasteiger partial charge in [0.1, 0.15) is 0 Å². The van der Waals surface area contributed by atoms with E-state index in [1.807, 2.05) is 30.3 Å². The zero-order chi connectivity index (χ0) is 13.9. The van der Waals surface area contributed by atoms with Crippen LogP contribution < -0.4 is 0 Å². The lowest BCUT2D eigenvalue weighted by atomic mass is 10.1. The number of carbonyl (C=O) groups is 1. The molecule has 0 bridgehead atoms. The highest BCUT2D eigenvalue weighted by Crippen LogP contribution is 2.30. The molecule has 0 atom stereocenters. The highest BCUT2D eigenvalue weighted by molar-refractivity contribution is 5.93. The van der Waals surface area contributed by atoms with E-state index in [2.05, 4.69) is 12.1 Å². The van der Waals surface area contributed by atoms with Crippen molar-refractivity contribution in [1.82, 2.24) is 5.06 Å². The first kappa shape index (κ1) is 12.9. The summed E-state index contributed by atoms with van der Waals surface area (Å²) in [5.74, 6) is 0.308. The molecule has 2 aromatic carbocycles. The fraction of sp³-hybridized carbons (Fsp3) is 0.235. The molecular formula is C17H17NO2. The molecule has 1 fully saturated rings. The first-order chi connectivity index (χ1) is 9.72. The largest absolute Gasteiger partial charge is 0.294 e. The van der Waals surface area contributed by atoms with Gasteiger partial charge in [-0.25, -0.2) is 0 Å². The van der Waals surface area contributed by atoms with Crippen molar-refractivity contribution in [3.8, 4) is 0 Å². The summed E-state index contributed by atoms with van der Waals surface area (Å²) in [7, 11) is 0. The molecule has 0 amide bonds. The zero-order valence-corrected chi connectivity index (χ0v) is 11.2. The Morgan fingerprint density at radius 3 is 2.70 bits per heavy atom. The molecule has 1 aliphatic rings. The molecule has 0 radical (unpaired) electrons. The van der Waals surface area contributed by atoms with E-state index in [0.717, 1.165) is 28.9 Å². The predicted molar refractivity (Wildman–Crippen MR) is 78.1 cm³/mol. The number of carbonyl (C=O) groups excluding carboxylic acids is 1. The van der Waals surface area contributed by atoms with Gasteiger partial charge in [0.25, 0.3) is 0 Å². The van der Waals surface area contributed by atoms with Crippen molar-refractivity contribution in [2.75, 3.05) is 0 Å². The van der Waals surface area contributed by atoms with Crippen LogP contribution in [-0.2, 0) is 11.3 Å². The van der Waals surface area contributed by atoms with E-state index < -0.39 is 0 Å². The monoisotopic (exact) mass is 267 g/mol. The number of benzene rings is 2. The molecule has 1 aliphatic carbocycles. The van der Waals surface area contributed by atoms with Crippen LogP contribution in [0, 0.1) is 5.92 Å². The van der Waals surface area contributed by atoms with Crippen LogP contribution in [0.4, 0.5) is 0 Å². The summed E-state index contributed by atoms with van der Waals surface area (Å²) >= 11 is 0. The standard InChI is InChI=1S/C17H17NO2/c19-17(15-7-8-15)9-10-18(20)12-13-5-6-14-3-1-2-4-16(14)11-13/h1-6,9-11,15,20H,7-8,12H2/b10-9-. The normalized spacial score (nSPS) is 14.8. The Morgan fingerprint density at radius 2 is 1.95 bits per heavy atom. The van der Waals surface area contributed by atoms with Crippen LogP contribution in [0.25, 0.3) is 10.8 Å². The van der Waals surface area contributed by atoms with Crippen molar-refractivity contribution in [2.24, 2.45) is 5.92 Å². The number of hydroxylamine groups is 2. The van der Waals surface area contributed by atoms with E-state index in [9.17, 15) is 10.0 Å². The smallest absolute Gasteiger partial charge is 0.160 e.